The molecule has 1 N–H and O–H groups in total. The molecule has 22 heavy (non-hydrogen) atoms. The minimum atomic E-state index is -0.462. The molecule has 1 aliphatic rings. The van der Waals surface area contributed by atoms with E-state index in [1.54, 1.807) is 6.07 Å². The summed E-state index contributed by atoms with van der Waals surface area (Å²) in [7, 11) is 0. The largest absolute Gasteiger partial charge is 0.506 e. The Balaban J connectivity index is 1.84. The van der Waals surface area contributed by atoms with E-state index < -0.39 is 4.92 Å². The van der Waals surface area contributed by atoms with Crippen LogP contribution in [0.2, 0.25) is 0 Å². The second-order valence-electron chi connectivity index (χ2n) is 5.29. The second kappa shape index (κ2) is 5.93. The lowest BCUT2D eigenvalue weighted by molar-refractivity contribution is -0.384. The van der Waals surface area contributed by atoms with Crippen molar-refractivity contribution in [2.24, 2.45) is 10.2 Å². The molecule has 0 bridgehead atoms. The summed E-state index contributed by atoms with van der Waals surface area (Å²) in [4.78, 5) is 10.1. The van der Waals surface area contributed by atoms with Crippen LogP contribution in [0.1, 0.15) is 24.0 Å². The molecular formula is C16H15N3O3. The van der Waals surface area contributed by atoms with E-state index >= 15 is 0 Å². The molecule has 0 fully saturated rings. The smallest absolute Gasteiger partial charge is 0.269 e. The van der Waals surface area contributed by atoms with Crippen molar-refractivity contribution in [1.82, 2.24) is 0 Å². The van der Waals surface area contributed by atoms with Crippen LogP contribution in [-0.4, -0.2) is 10.0 Å². The number of hydrogen-bond acceptors (Lipinski definition) is 5. The predicted molar refractivity (Wildman–Crippen MR) is 82.0 cm³/mol. The molecule has 6 nitrogen and oxygen atoms in total. The molecule has 0 unspecified atom stereocenters. The van der Waals surface area contributed by atoms with Crippen LogP contribution in [0.3, 0.4) is 0 Å². The van der Waals surface area contributed by atoms with Crippen LogP contribution in [0.15, 0.2) is 46.6 Å². The first-order valence-electron chi connectivity index (χ1n) is 7.14. The summed E-state index contributed by atoms with van der Waals surface area (Å²) in [5.74, 6) is 0.117. The molecule has 6 heteroatoms. The molecule has 0 amide bonds. The zero-order valence-electron chi connectivity index (χ0n) is 11.9. The highest BCUT2D eigenvalue weighted by atomic mass is 16.6. The topological polar surface area (TPSA) is 88.1 Å². The SMILES string of the molecule is O=[N+]([O-])c1ccc(N=Nc2cc3c(cc2O)CCCC3)cc1. The Labute approximate surface area is 127 Å². The summed E-state index contributed by atoms with van der Waals surface area (Å²) in [6, 6.07) is 9.44. The molecule has 112 valence electrons. The molecule has 0 radical (unpaired) electrons. The number of non-ortho nitro benzene ring substituents is 1. The summed E-state index contributed by atoms with van der Waals surface area (Å²) in [5.41, 5.74) is 3.33. The first kappa shape index (κ1) is 14.2. The van der Waals surface area contributed by atoms with E-state index in [1.165, 1.54) is 35.4 Å². The van der Waals surface area contributed by atoms with Crippen LogP contribution in [0.4, 0.5) is 17.1 Å². The molecule has 0 aliphatic heterocycles. The van der Waals surface area contributed by atoms with Gasteiger partial charge >= 0.3 is 0 Å². The van der Waals surface area contributed by atoms with Crippen LogP contribution < -0.4 is 0 Å². The quantitative estimate of drug-likeness (QED) is 0.510. The highest BCUT2D eigenvalue weighted by molar-refractivity contribution is 5.56. The maximum Gasteiger partial charge on any atom is 0.269 e. The van der Waals surface area contributed by atoms with E-state index in [4.69, 9.17) is 0 Å². The molecule has 2 aromatic carbocycles. The van der Waals surface area contributed by atoms with Gasteiger partial charge in [0, 0.05) is 12.1 Å². The third kappa shape index (κ3) is 2.95. The van der Waals surface area contributed by atoms with Gasteiger partial charge < -0.3 is 5.11 Å². The number of rotatable bonds is 3. The summed E-state index contributed by atoms with van der Waals surface area (Å²) in [6.07, 6.45) is 4.28. The van der Waals surface area contributed by atoms with Crippen molar-refractivity contribution in [2.75, 3.05) is 0 Å². The average molecular weight is 297 g/mol. The van der Waals surface area contributed by atoms with Crippen molar-refractivity contribution < 1.29 is 10.0 Å². The van der Waals surface area contributed by atoms with Crippen LogP contribution in [0, 0.1) is 10.1 Å². The standard InChI is InChI=1S/C16H15N3O3/c20-16-10-12-4-2-1-3-11(12)9-15(16)18-17-13-5-7-14(8-6-13)19(21)22/h5-10,20H,1-4H2. The van der Waals surface area contributed by atoms with Gasteiger partial charge in [0.1, 0.15) is 11.4 Å². The maximum absolute atomic E-state index is 10.6. The minimum Gasteiger partial charge on any atom is -0.506 e. The van der Waals surface area contributed by atoms with Gasteiger partial charge in [0.15, 0.2) is 0 Å². The lowest BCUT2D eigenvalue weighted by Crippen LogP contribution is -2.01. The summed E-state index contributed by atoms with van der Waals surface area (Å²) >= 11 is 0. The highest BCUT2D eigenvalue weighted by Gasteiger charge is 2.13. The molecule has 2 aromatic rings. The van der Waals surface area contributed by atoms with Gasteiger partial charge in [-0.15, -0.1) is 5.11 Å². The van der Waals surface area contributed by atoms with Crippen molar-refractivity contribution in [3.8, 4) is 5.75 Å². The van der Waals surface area contributed by atoms with E-state index in [9.17, 15) is 15.2 Å². The number of nitro benzene ring substituents is 1. The van der Waals surface area contributed by atoms with Crippen LogP contribution in [0.25, 0.3) is 0 Å². The lowest BCUT2D eigenvalue weighted by Gasteiger charge is -2.16. The summed E-state index contributed by atoms with van der Waals surface area (Å²) < 4.78 is 0. The normalized spacial score (nSPS) is 14.0. The van der Waals surface area contributed by atoms with Gasteiger partial charge in [-0.25, -0.2) is 0 Å². The second-order valence-corrected chi connectivity index (χ2v) is 5.29. The number of hydrogen-bond donors (Lipinski definition) is 1. The van der Waals surface area contributed by atoms with Gasteiger partial charge in [-0.2, -0.15) is 5.11 Å². The third-order valence-corrected chi connectivity index (χ3v) is 3.77. The fourth-order valence-electron chi connectivity index (χ4n) is 2.59. The Hall–Kier alpha value is -2.76. The Morgan fingerprint density at radius 1 is 1.00 bits per heavy atom. The van der Waals surface area contributed by atoms with E-state index in [1.807, 2.05) is 6.07 Å². The highest BCUT2D eigenvalue weighted by Crippen LogP contribution is 2.34. The van der Waals surface area contributed by atoms with E-state index in [0.717, 1.165) is 25.7 Å². The third-order valence-electron chi connectivity index (χ3n) is 3.77. The molecule has 0 heterocycles. The summed E-state index contributed by atoms with van der Waals surface area (Å²) in [6.45, 7) is 0. The molecule has 0 atom stereocenters. The molecule has 0 aromatic heterocycles. The van der Waals surface area contributed by atoms with Gasteiger partial charge in [0.2, 0.25) is 0 Å². The molecular weight excluding hydrogens is 282 g/mol. The maximum atomic E-state index is 10.6. The van der Waals surface area contributed by atoms with Crippen molar-refractivity contribution in [3.63, 3.8) is 0 Å². The fourth-order valence-corrected chi connectivity index (χ4v) is 2.59. The number of aryl methyl sites for hydroxylation is 2. The Morgan fingerprint density at radius 3 is 2.27 bits per heavy atom. The lowest BCUT2D eigenvalue weighted by atomic mass is 9.91. The first-order valence-corrected chi connectivity index (χ1v) is 7.14. The zero-order valence-corrected chi connectivity index (χ0v) is 11.9. The Kier molecular flexibility index (Phi) is 3.82. The molecule has 0 spiro atoms. The molecule has 0 saturated carbocycles. The Morgan fingerprint density at radius 2 is 1.64 bits per heavy atom. The van der Waals surface area contributed by atoms with E-state index in [-0.39, 0.29) is 11.4 Å². The van der Waals surface area contributed by atoms with Crippen LogP contribution >= 0.6 is 0 Å². The molecule has 3 rings (SSSR count). The zero-order chi connectivity index (χ0) is 15.5. The van der Waals surface area contributed by atoms with Gasteiger partial charge in [-0.05, 0) is 61.1 Å². The van der Waals surface area contributed by atoms with Crippen molar-refractivity contribution in [1.29, 1.82) is 0 Å². The van der Waals surface area contributed by atoms with Crippen LogP contribution in [-0.2, 0) is 12.8 Å². The monoisotopic (exact) mass is 297 g/mol. The Bertz CT molecular complexity index is 739. The molecule has 0 saturated heterocycles. The van der Waals surface area contributed by atoms with Gasteiger partial charge in [0.25, 0.3) is 5.69 Å². The fraction of sp³-hybridized carbons (Fsp3) is 0.250. The van der Waals surface area contributed by atoms with Gasteiger partial charge in [-0.1, -0.05) is 0 Å². The number of azo groups is 1. The van der Waals surface area contributed by atoms with E-state index in [2.05, 4.69) is 10.2 Å². The average Bonchev–Trinajstić information content (AvgIpc) is 2.53. The van der Waals surface area contributed by atoms with Gasteiger partial charge in [-0.3, -0.25) is 10.1 Å². The summed E-state index contributed by atoms with van der Waals surface area (Å²) in [5, 5.41) is 28.7. The number of aromatic hydroxyl groups is 1. The van der Waals surface area contributed by atoms with E-state index in [0.29, 0.717) is 11.4 Å². The number of phenolic OH excluding ortho intramolecular Hbond substituents is 1. The van der Waals surface area contributed by atoms with Crippen molar-refractivity contribution in [3.05, 3.63) is 57.6 Å². The number of nitro groups is 1. The minimum absolute atomic E-state index is 0.00979. The number of nitrogens with zero attached hydrogens (tertiary/aromatic N) is 3. The first-order chi connectivity index (χ1) is 10.6. The number of fused-ring (bicyclic) bond motifs is 1. The molecule has 1 aliphatic carbocycles. The van der Waals surface area contributed by atoms with Crippen molar-refractivity contribution >= 4 is 17.1 Å². The van der Waals surface area contributed by atoms with Gasteiger partial charge in [0.05, 0.1) is 10.6 Å². The predicted octanol–water partition coefficient (Wildman–Crippen LogP) is 4.59. The van der Waals surface area contributed by atoms with Crippen LogP contribution in [0.5, 0.6) is 5.75 Å². The van der Waals surface area contributed by atoms with Crippen molar-refractivity contribution in [2.45, 2.75) is 25.7 Å². The number of phenols is 1. The number of benzene rings is 2.